The van der Waals surface area contributed by atoms with Gasteiger partial charge >= 0.3 is 0 Å². The van der Waals surface area contributed by atoms with Gasteiger partial charge in [0, 0.05) is 0 Å². The maximum absolute atomic E-state index is 10.1. The minimum absolute atomic E-state index is 0.334. The summed E-state index contributed by atoms with van der Waals surface area (Å²) >= 11 is 0. The number of hydrogen-bond donors (Lipinski definition) is 2. The fraction of sp³-hybridized carbons (Fsp3) is 1.00. The standard InChI is InChI=1S/C11H23NO/c1-2-3-4-5-6-11(13)7-9-12-10-8-11/h12-13H,2-10H2,1H3. The molecule has 1 heterocycles. The van der Waals surface area contributed by atoms with E-state index in [1.165, 1.54) is 25.7 Å². The van der Waals surface area contributed by atoms with Gasteiger partial charge in [-0.05, 0) is 32.4 Å². The Morgan fingerprint density at radius 1 is 1.15 bits per heavy atom. The maximum atomic E-state index is 10.1. The third-order valence-electron chi connectivity index (χ3n) is 3.03. The zero-order valence-corrected chi connectivity index (χ0v) is 8.81. The number of rotatable bonds is 5. The summed E-state index contributed by atoms with van der Waals surface area (Å²) in [5.41, 5.74) is -0.334. The molecule has 1 saturated heterocycles. The normalized spacial score (nSPS) is 21.7. The summed E-state index contributed by atoms with van der Waals surface area (Å²) in [4.78, 5) is 0. The fourth-order valence-electron chi connectivity index (χ4n) is 2.02. The van der Waals surface area contributed by atoms with Gasteiger partial charge in [0.2, 0.25) is 0 Å². The van der Waals surface area contributed by atoms with E-state index >= 15 is 0 Å². The second-order valence-electron chi connectivity index (χ2n) is 4.29. The van der Waals surface area contributed by atoms with Crippen LogP contribution in [0.25, 0.3) is 0 Å². The lowest BCUT2D eigenvalue weighted by Gasteiger charge is -2.32. The molecule has 0 atom stereocenters. The Kier molecular flexibility index (Phi) is 4.74. The number of aliphatic hydroxyl groups is 1. The summed E-state index contributed by atoms with van der Waals surface area (Å²) in [6.07, 6.45) is 7.97. The van der Waals surface area contributed by atoms with Crippen LogP contribution in [-0.2, 0) is 0 Å². The lowest BCUT2D eigenvalue weighted by molar-refractivity contribution is 0.000310. The van der Waals surface area contributed by atoms with Gasteiger partial charge in [-0.2, -0.15) is 0 Å². The van der Waals surface area contributed by atoms with Gasteiger partial charge in [0.25, 0.3) is 0 Å². The van der Waals surface area contributed by atoms with Crippen molar-refractivity contribution in [1.29, 1.82) is 0 Å². The molecule has 2 nitrogen and oxygen atoms in total. The molecule has 0 spiro atoms. The van der Waals surface area contributed by atoms with Gasteiger partial charge in [-0.3, -0.25) is 0 Å². The summed E-state index contributed by atoms with van der Waals surface area (Å²) in [6, 6.07) is 0. The third-order valence-corrected chi connectivity index (χ3v) is 3.03. The highest BCUT2D eigenvalue weighted by atomic mass is 16.3. The van der Waals surface area contributed by atoms with Gasteiger partial charge in [0.15, 0.2) is 0 Å². The monoisotopic (exact) mass is 185 g/mol. The highest BCUT2D eigenvalue weighted by Gasteiger charge is 2.27. The van der Waals surface area contributed by atoms with Crippen LogP contribution in [0.5, 0.6) is 0 Å². The molecule has 0 saturated carbocycles. The Balaban J connectivity index is 2.10. The minimum atomic E-state index is -0.334. The van der Waals surface area contributed by atoms with Gasteiger partial charge in [-0.25, -0.2) is 0 Å². The van der Waals surface area contributed by atoms with Gasteiger partial charge in [0.1, 0.15) is 0 Å². The zero-order chi connectivity index (χ0) is 9.57. The molecule has 13 heavy (non-hydrogen) atoms. The fourth-order valence-corrected chi connectivity index (χ4v) is 2.02. The zero-order valence-electron chi connectivity index (χ0n) is 8.81. The Morgan fingerprint density at radius 2 is 1.85 bits per heavy atom. The molecule has 1 rings (SSSR count). The number of piperidine rings is 1. The van der Waals surface area contributed by atoms with Crippen molar-refractivity contribution in [3.63, 3.8) is 0 Å². The van der Waals surface area contributed by atoms with E-state index in [-0.39, 0.29) is 5.60 Å². The molecule has 0 aromatic rings. The van der Waals surface area contributed by atoms with E-state index in [4.69, 9.17) is 0 Å². The highest BCUT2D eigenvalue weighted by molar-refractivity contribution is 4.83. The molecule has 1 aliphatic rings. The molecule has 1 aliphatic heterocycles. The molecular weight excluding hydrogens is 162 g/mol. The average Bonchev–Trinajstić information content (AvgIpc) is 2.14. The lowest BCUT2D eigenvalue weighted by atomic mass is 9.87. The molecule has 2 heteroatoms. The predicted molar refractivity (Wildman–Crippen MR) is 55.8 cm³/mol. The summed E-state index contributed by atoms with van der Waals surface area (Å²) in [7, 11) is 0. The van der Waals surface area contributed by atoms with Crippen LogP contribution < -0.4 is 5.32 Å². The van der Waals surface area contributed by atoms with Crippen molar-refractivity contribution >= 4 is 0 Å². The van der Waals surface area contributed by atoms with Crippen molar-refractivity contribution in [2.75, 3.05) is 13.1 Å². The SMILES string of the molecule is CCCCCCC1(O)CCNCC1. The van der Waals surface area contributed by atoms with Gasteiger partial charge in [-0.1, -0.05) is 32.6 Å². The third kappa shape index (κ3) is 4.10. The van der Waals surface area contributed by atoms with Crippen LogP contribution in [0.3, 0.4) is 0 Å². The molecule has 1 fully saturated rings. The first kappa shape index (κ1) is 11.0. The molecule has 0 radical (unpaired) electrons. The Labute approximate surface area is 81.7 Å². The van der Waals surface area contributed by atoms with Gasteiger partial charge in [-0.15, -0.1) is 0 Å². The van der Waals surface area contributed by atoms with Gasteiger partial charge in [0.05, 0.1) is 5.60 Å². The van der Waals surface area contributed by atoms with E-state index < -0.39 is 0 Å². The van der Waals surface area contributed by atoms with E-state index in [1.54, 1.807) is 0 Å². The van der Waals surface area contributed by atoms with Crippen LogP contribution in [0.4, 0.5) is 0 Å². The van der Waals surface area contributed by atoms with Crippen molar-refractivity contribution in [1.82, 2.24) is 5.32 Å². The average molecular weight is 185 g/mol. The van der Waals surface area contributed by atoms with Crippen LogP contribution in [0.15, 0.2) is 0 Å². The van der Waals surface area contributed by atoms with Gasteiger partial charge < -0.3 is 10.4 Å². The first-order chi connectivity index (χ1) is 6.27. The van der Waals surface area contributed by atoms with E-state index in [0.29, 0.717) is 0 Å². The number of unbranched alkanes of at least 4 members (excludes halogenated alkanes) is 3. The highest BCUT2D eigenvalue weighted by Crippen LogP contribution is 2.24. The Bertz CT molecular complexity index is 130. The maximum Gasteiger partial charge on any atom is 0.0672 e. The van der Waals surface area contributed by atoms with E-state index in [9.17, 15) is 5.11 Å². The van der Waals surface area contributed by atoms with Crippen LogP contribution >= 0.6 is 0 Å². The summed E-state index contributed by atoms with van der Waals surface area (Å²) in [5, 5.41) is 13.4. The number of hydrogen-bond acceptors (Lipinski definition) is 2. The van der Waals surface area contributed by atoms with Crippen molar-refractivity contribution < 1.29 is 5.11 Å². The summed E-state index contributed by atoms with van der Waals surface area (Å²) < 4.78 is 0. The van der Waals surface area contributed by atoms with Crippen LogP contribution in [0, 0.1) is 0 Å². The first-order valence-electron chi connectivity index (χ1n) is 5.70. The topological polar surface area (TPSA) is 32.3 Å². The largest absolute Gasteiger partial charge is 0.390 e. The molecule has 0 amide bonds. The van der Waals surface area contributed by atoms with Crippen molar-refractivity contribution in [3.05, 3.63) is 0 Å². The van der Waals surface area contributed by atoms with Crippen molar-refractivity contribution in [2.24, 2.45) is 0 Å². The summed E-state index contributed by atoms with van der Waals surface area (Å²) in [6.45, 7) is 4.20. The molecule has 0 aliphatic carbocycles. The second kappa shape index (κ2) is 5.61. The molecule has 2 N–H and O–H groups in total. The smallest absolute Gasteiger partial charge is 0.0672 e. The van der Waals surface area contributed by atoms with E-state index in [2.05, 4.69) is 12.2 Å². The summed E-state index contributed by atoms with van der Waals surface area (Å²) in [5.74, 6) is 0. The Morgan fingerprint density at radius 3 is 2.46 bits per heavy atom. The molecule has 0 aromatic carbocycles. The molecule has 78 valence electrons. The van der Waals surface area contributed by atoms with Crippen LogP contribution in [0.1, 0.15) is 51.9 Å². The minimum Gasteiger partial charge on any atom is -0.390 e. The first-order valence-corrected chi connectivity index (χ1v) is 5.70. The molecule has 0 aromatic heterocycles. The van der Waals surface area contributed by atoms with Crippen molar-refractivity contribution in [2.45, 2.75) is 57.5 Å². The predicted octanol–water partition coefficient (Wildman–Crippen LogP) is 2.07. The molecule has 0 unspecified atom stereocenters. The lowest BCUT2D eigenvalue weighted by Crippen LogP contribution is -2.41. The quantitative estimate of drug-likeness (QED) is 0.643. The Hall–Kier alpha value is -0.0800. The second-order valence-corrected chi connectivity index (χ2v) is 4.29. The molecule has 0 bridgehead atoms. The van der Waals surface area contributed by atoms with Crippen molar-refractivity contribution in [3.8, 4) is 0 Å². The molecular formula is C11H23NO. The van der Waals surface area contributed by atoms with E-state index in [0.717, 1.165) is 32.4 Å². The van der Waals surface area contributed by atoms with Crippen LogP contribution in [0.2, 0.25) is 0 Å². The number of nitrogens with one attached hydrogen (secondary N) is 1. The van der Waals surface area contributed by atoms with Crippen LogP contribution in [-0.4, -0.2) is 23.8 Å². The van der Waals surface area contributed by atoms with E-state index in [1.807, 2.05) is 0 Å².